The third-order valence-corrected chi connectivity index (χ3v) is 8.64. The van der Waals surface area contributed by atoms with E-state index in [1.165, 1.54) is 21.1 Å². The van der Waals surface area contributed by atoms with Gasteiger partial charge in [-0.15, -0.1) is 11.3 Å². The van der Waals surface area contributed by atoms with Gasteiger partial charge in [-0.1, -0.05) is 23.7 Å². The number of piperidine rings is 1. The molecule has 1 unspecified atom stereocenters. The highest BCUT2D eigenvalue weighted by atomic mass is 35.5. The van der Waals surface area contributed by atoms with Crippen LogP contribution in [0.25, 0.3) is 10.2 Å². The maximum Gasteiger partial charge on any atom is 0.243 e. The van der Waals surface area contributed by atoms with E-state index in [0.717, 1.165) is 23.4 Å². The van der Waals surface area contributed by atoms with Crippen molar-refractivity contribution >= 4 is 49.1 Å². The minimum Gasteiger partial charge on any atom is -0.356 e. The Balaban J connectivity index is 1.28. The normalized spacial score (nSPS) is 17.6. The summed E-state index contributed by atoms with van der Waals surface area (Å²) in [5.74, 6) is -0.418. The van der Waals surface area contributed by atoms with Crippen molar-refractivity contribution in [1.82, 2.24) is 14.6 Å². The molecule has 164 valence electrons. The molecular formula is C22H24ClN3O3S2. The predicted molar refractivity (Wildman–Crippen MR) is 124 cm³/mol. The topological polar surface area (TPSA) is 79.4 Å². The Kier molecular flexibility index (Phi) is 6.91. The second-order valence-electron chi connectivity index (χ2n) is 7.63. The Labute approximate surface area is 191 Å². The molecule has 2 heterocycles. The molecule has 1 fully saturated rings. The number of thiazole rings is 1. The summed E-state index contributed by atoms with van der Waals surface area (Å²) in [6, 6.07) is 14.2. The van der Waals surface area contributed by atoms with E-state index in [0.29, 0.717) is 31.0 Å². The van der Waals surface area contributed by atoms with Crippen LogP contribution in [-0.4, -0.2) is 43.2 Å². The smallest absolute Gasteiger partial charge is 0.243 e. The monoisotopic (exact) mass is 477 g/mol. The number of nitrogens with one attached hydrogen (secondary N) is 1. The van der Waals surface area contributed by atoms with Gasteiger partial charge in [-0.2, -0.15) is 4.31 Å². The molecule has 1 aromatic heterocycles. The first-order valence-corrected chi connectivity index (χ1v) is 12.9. The molecule has 9 heteroatoms. The van der Waals surface area contributed by atoms with Crippen molar-refractivity contribution in [2.24, 2.45) is 5.92 Å². The molecule has 1 atom stereocenters. The van der Waals surface area contributed by atoms with Crippen molar-refractivity contribution in [3.8, 4) is 0 Å². The zero-order valence-corrected chi connectivity index (χ0v) is 19.3. The van der Waals surface area contributed by atoms with Gasteiger partial charge in [0.05, 0.1) is 26.0 Å². The highest BCUT2D eigenvalue weighted by molar-refractivity contribution is 7.89. The van der Waals surface area contributed by atoms with E-state index in [9.17, 15) is 13.2 Å². The third kappa shape index (κ3) is 5.26. The van der Waals surface area contributed by atoms with Gasteiger partial charge in [-0.05, 0) is 55.7 Å². The first kappa shape index (κ1) is 22.2. The van der Waals surface area contributed by atoms with Gasteiger partial charge in [0.15, 0.2) is 0 Å². The van der Waals surface area contributed by atoms with E-state index in [1.54, 1.807) is 23.5 Å². The summed E-state index contributed by atoms with van der Waals surface area (Å²) in [5, 5.41) is 4.52. The van der Waals surface area contributed by atoms with Gasteiger partial charge in [0, 0.05) is 31.1 Å². The fraction of sp³-hybridized carbons (Fsp3) is 0.364. The van der Waals surface area contributed by atoms with Crippen LogP contribution in [0, 0.1) is 5.92 Å². The van der Waals surface area contributed by atoms with Crippen LogP contribution < -0.4 is 5.32 Å². The van der Waals surface area contributed by atoms with Gasteiger partial charge in [0.25, 0.3) is 0 Å². The lowest BCUT2D eigenvalue weighted by Crippen LogP contribution is -2.45. The van der Waals surface area contributed by atoms with Gasteiger partial charge < -0.3 is 5.32 Å². The Morgan fingerprint density at radius 3 is 2.74 bits per heavy atom. The molecule has 0 aliphatic carbocycles. The van der Waals surface area contributed by atoms with Crippen LogP contribution in [0.3, 0.4) is 0 Å². The zero-order valence-electron chi connectivity index (χ0n) is 17.0. The lowest BCUT2D eigenvalue weighted by molar-refractivity contribution is -0.126. The Bertz CT molecular complexity index is 1130. The molecule has 6 nitrogen and oxygen atoms in total. The minimum absolute atomic E-state index is 0.0830. The number of carbonyl (C=O) groups is 1. The number of aryl methyl sites for hydroxylation is 1. The number of fused-ring (bicyclic) bond motifs is 1. The van der Waals surface area contributed by atoms with E-state index >= 15 is 0 Å². The molecule has 3 aromatic rings. The number of rotatable bonds is 7. The number of hydrogen-bond donors (Lipinski definition) is 1. The Morgan fingerprint density at radius 1 is 1.19 bits per heavy atom. The predicted octanol–water partition coefficient (Wildman–Crippen LogP) is 4.10. The van der Waals surface area contributed by atoms with E-state index in [1.807, 2.05) is 18.2 Å². The lowest BCUT2D eigenvalue weighted by Gasteiger charge is -2.31. The molecule has 4 rings (SSSR count). The molecule has 1 amide bonds. The van der Waals surface area contributed by atoms with Crippen LogP contribution in [0.1, 0.15) is 24.3 Å². The first-order valence-electron chi connectivity index (χ1n) is 10.3. The first-order chi connectivity index (χ1) is 14.9. The lowest BCUT2D eigenvalue weighted by atomic mass is 9.99. The number of hydrogen-bond acceptors (Lipinski definition) is 5. The summed E-state index contributed by atoms with van der Waals surface area (Å²) in [4.78, 5) is 17.5. The van der Waals surface area contributed by atoms with E-state index in [-0.39, 0.29) is 23.3 Å². The number of para-hydroxylation sites is 1. The van der Waals surface area contributed by atoms with Crippen LogP contribution in [0.15, 0.2) is 53.4 Å². The van der Waals surface area contributed by atoms with Crippen LogP contribution in [-0.2, 0) is 21.2 Å². The second kappa shape index (κ2) is 9.65. The van der Waals surface area contributed by atoms with E-state index < -0.39 is 10.0 Å². The summed E-state index contributed by atoms with van der Waals surface area (Å²) >= 11 is 7.55. The molecule has 0 saturated carbocycles. The minimum atomic E-state index is -3.63. The third-order valence-electron chi connectivity index (χ3n) is 5.41. The average molecular weight is 478 g/mol. The highest BCUT2D eigenvalue weighted by Crippen LogP contribution is 2.25. The van der Waals surface area contributed by atoms with Crippen molar-refractivity contribution in [2.45, 2.75) is 30.6 Å². The van der Waals surface area contributed by atoms with Gasteiger partial charge in [0.1, 0.15) is 0 Å². The number of aromatic nitrogens is 1. The van der Waals surface area contributed by atoms with Crippen LogP contribution in [0.4, 0.5) is 0 Å². The van der Waals surface area contributed by atoms with Crippen molar-refractivity contribution in [3.63, 3.8) is 0 Å². The molecule has 1 aliphatic heterocycles. The van der Waals surface area contributed by atoms with Crippen molar-refractivity contribution in [2.75, 3.05) is 19.6 Å². The maximum atomic E-state index is 12.9. The summed E-state index contributed by atoms with van der Waals surface area (Å²) in [6.45, 7) is 1.18. The molecule has 0 bridgehead atoms. The molecular weight excluding hydrogens is 454 g/mol. The molecule has 2 aromatic carbocycles. The molecule has 0 spiro atoms. The van der Waals surface area contributed by atoms with Crippen LogP contribution in [0.2, 0.25) is 5.02 Å². The number of nitrogens with zero attached hydrogens (tertiary/aromatic N) is 2. The maximum absolute atomic E-state index is 12.9. The number of sulfonamides is 1. The van der Waals surface area contributed by atoms with Gasteiger partial charge in [0.2, 0.25) is 15.9 Å². The number of amides is 1. The largest absolute Gasteiger partial charge is 0.356 e. The highest BCUT2D eigenvalue weighted by Gasteiger charge is 2.33. The van der Waals surface area contributed by atoms with Gasteiger partial charge in [-0.3, -0.25) is 4.79 Å². The van der Waals surface area contributed by atoms with Crippen LogP contribution >= 0.6 is 22.9 Å². The molecule has 1 N–H and O–H groups in total. The quantitative estimate of drug-likeness (QED) is 0.519. The summed E-state index contributed by atoms with van der Waals surface area (Å²) in [6.07, 6.45) is 2.96. The number of carbonyl (C=O) groups excluding carboxylic acids is 1. The average Bonchev–Trinajstić information content (AvgIpc) is 3.20. The molecule has 1 saturated heterocycles. The van der Waals surface area contributed by atoms with Crippen molar-refractivity contribution in [3.05, 3.63) is 58.6 Å². The van der Waals surface area contributed by atoms with Gasteiger partial charge in [-0.25, -0.2) is 13.4 Å². The van der Waals surface area contributed by atoms with Crippen molar-refractivity contribution < 1.29 is 13.2 Å². The van der Waals surface area contributed by atoms with Crippen LogP contribution in [0.5, 0.6) is 0 Å². The number of halogens is 1. The SMILES string of the molecule is O=C(NCCCc1nc2ccccc2s1)C1CCCN(S(=O)(=O)c2ccc(Cl)cc2)C1. The summed E-state index contributed by atoms with van der Waals surface area (Å²) in [5.41, 5.74) is 1.01. The van der Waals surface area contributed by atoms with E-state index in [4.69, 9.17) is 11.6 Å². The molecule has 1 aliphatic rings. The summed E-state index contributed by atoms with van der Waals surface area (Å²) < 4.78 is 28.4. The standard InChI is InChI=1S/C22H24ClN3O3S2/c23-17-9-11-18(12-10-17)31(28,29)26-14-4-5-16(15-26)22(27)24-13-3-8-21-25-19-6-1-2-7-20(19)30-21/h1-2,6-7,9-12,16H,3-5,8,13-15H2,(H,24,27). The molecule has 0 radical (unpaired) electrons. The van der Waals surface area contributed by atoms with Gasteiger partial charge >= 0.3 is 0 Å². The molecule has 31 heavy (non-hydrogen) atoms. The fourth-order valence-electron chi connectivity index (χ4n) is 3.75. The summed E-state index contributed by atoms with van der Waals surface area (Å²) in [7, 11) is -3.63. The van der Waals surface area contributed by atoms with Crippen molar-refractivity contribution in [1.29, 1.82) is 0 Å². The fourth-order valence-corrected chi connectivity index (χ4v) is 6.41. The Hall–Kier alpha value is -2.00. The second-order valence-corrected chi connectivity index (χ2v) is 11.1. The number of benzene rings is 2. The van der Waals surface area contributed by atoms with E-state index in [2.05, 4.69) is 16.4 Å². The Morgan fingerprint density at radius 2 is 1.97 bits per heavy atom. The zero-order chi connectivity index (χ0) is 21.8.